The summed E-state index contributed by atoms with van der Waals surface area (Å²) in [4.78, 5) is 28.2. The van der Waals surface area contributed by atoms with Crippen LogP contribution in [0.4, 0.5) is 4.39 Å². The number of carbonyl (C=O) groups excluding carboxylic acids is 2. The third-order valence-corrected chi connectivity index (χ3v) is 6.44. The number of ketones is 1. The standard InChI is InChI=1S/C24H19ClFNO4S/c1-13-10-16(23(31-2)17(25)11-13)21(28)19-20(15-7-3-4-8-18(15)26)27(24(30)22(19)29)12-14-6-5-9-32-14/h3-11,20,28H,12H2,1-2H3/b21-19+. The summed E-state index contributed by atoms with van der Waals surface area (Å²) in [6.45, 7) is 1.87. The topological polar surface area (TPSA) is 66.8 Å². The molecule has 164 valence electrons. The highest BCUT2D eigenvalue weighted by molar-refractivity contribution is 7.09. The zero-order valence-electron chi connectivity index (χ0n) is 17.3. The van der Waals surface area contributed by atoms with Gasteiger partial charge in [0.1, 0.15) is 17.3 Å². The van der Waals surface area contributed by atoms with Gasteiger partial charge in [-0.15, -0.1) is 11.3 Å². The first-order valence-electron chi connectivity index (χ1n) is 9.73. The van der Waals surface area contributed by atoms with E-state index < -0.39 is 29.3 Å². The van der Waals surface area contributed by atoms with Crippen LogP contribution >= 0.6 is 22.9 Å². The molecule has 0 bridgehead atoms. The number of ether oxygens (including phenoxy) is 1. The molecule has 1 amide bonds. The van der Waals surface area contributed by atoms with Crippen LogP contribution in [0, 0.1) is 12.7 Å². The van der Waals surface area contributed by atoms with Gasteiger partial charge in [-0.1, -0.05) is 35.9 Å². The number of aliphatic hydroxyl groups is 1. The molecular formula is C24H19ClFNO4S. The molecule has 1 unspecified atom stereocenters. The molecule has 5 nitrogen and oxygen atoms in total. The van der Waals surface area contributed by atoms with Gasteiger partial charge in [0, 0.05) is 10.4 Å². The monoisotopic (exact) mass is 471 g/mol. The molecule has 1 fully saturated rings. The third-order valence-electron chi connectivity index (χ3n) is 5.29. The van der Waals surface area contributed by atoms with Gasteiger partial charge in [-0.25, -0.2) is 4.39 Å². The normalized spacial score (nSPS) is 17.8. The maximum absolute atomic E-state index is 14.9. The lowest BCUT2D eigenvalue weighted by Crippen LogP contribution is -2.29. The number of benzene rings is 2. The van der Waals surface area contributed by atoms with E-state index in [-0.39, 0.29) is 34.0 Å². The van der Waals surface area contributed by atoms with Crippen LogP contribution in [0.5, 0.6) is 5.75 Å². The second-order valence-electron chi connectivity index (χ2n) is 7.36. The Kier molecular flexibility index (Phi) is 6.04. The summed E-state index contributed by atoms with van der Waals surface area (Å²) in [7, 11) is 1.39. The third kappa shape index (κ3) is 3.78. The highest BCUT2D eigenvalue weighted by atomic mass is 35.5. The van der Waals surface area contributed by atoms with Crippen molar-refractivity contribution in [2.75, 3.05) is 7.11 Å². The lowest BCUT2D eigenvalue weighted by Gasteiger charge is -2.25. The SMILES string of the molecule is COc1c(Cl)cc(C)cc1/C(O)=C1\C(=O)C(=O)N(Cc2cccs2)C1c1ccccc1F. The number of methoxy groups -OCH3 is 1. The molecule has 0 aliphatic carbocycles. The van der Waals surface area contributed by atoms with E-state index in [2.05, 4.69) is 0 Å². The molecule has 0 spiro atoms. The maximum Gasteiger partial charge on any atom is 0.295 e. The van der Waals surface area contributed by atoms with Crippen LogP contribution < -0.4 is 4.74 Å². The maximum atomic E-state index is 14.9. The Morgan fingerprint density at radius 2 is 1.97 bits per heavy atom. The van der Waals surface area contributed by atoms with Gasteiger partial charge in [-0.3, -0.25) is 9.59 Å². The van der Waals surface area contributed by atoms with Crippen LogP contribution in [0.1, 0.15) is 27.6 Å². The zero-order chi connectivity index (χ0) is 23.0. The van der Waals surface area contributed by atoms with Crippen molar-refractivity contribution in [2.45, 2.75) is 19.5 Å². The molecule has 1 aliphatic heterocycles. The van der Waals surface area contributed by atoms with E-state index in [9.17, 15) is 19.1 Å². The number of amides is 1. The average molecular weight is 472 g/mol. The Morgan fingerprint density at radius 1 is 1.22 bits per heavy atom. The van der Waals surface area contributed by atoms with Crippen molar-refractivity contribution in [3.8, 4) is 5.75 Å². The lowest BCUT2D eigenvalue weighted by molar-refractivity contribution is -0.140. The smallest absolute Gasteiger partial charge is 0.295 e. The van der Waals surface area contributed by atoms with E-state index >= 15 is 0 Å². The van der Waals surface area contributed by atoms with Gasteiger partial charge in [-0.2, -0.15) is 0 Å². The van der Waals surface area contributed by atoms with Crippen LogP contribution in [-0.4, -0.2) is 28.8 Å². The summed E-state index contributed by atoms with van der Waals surface area (Å²) >= 11 is 7.69. The minimum absolute atomic E-state index is 0.101. The lowest BCUT2D eigenvalue weighted by atomic mass is 9.94. The number of carbonyl (C=O) groups is 2. The van der Waals surface area contributed by atoms with Crippen LogP contribution in [0.3, 0.4) is 0 Å². The molecule has 1 saturated heterocycles. The Balaban J connectivity index is 1.96. The summed E-state index contributed by atoms with van der Waals surface area (Å²) in [6, 6.07) is 11.7. The minimum atomic E-state index is -1.11. The molecule has 2 aromatic carbocycles. The van der Waals surface area contributed by atoms with Crippen molar-refractivity contribution in [1.29, 1.82) is 0 Å². The summed E-state index contributed by atoms with van der Waals surface area (Å²) in [5, 5.41) is 13.3. The molecule has 1 atom stereocenters. The summed E-state index contributed by atoms with van der Waals surface area (Å²) < 4.78 is 20.2. The molecule has 32 heavy (non-hydrogen) atoms. The number of thiophene rings is 1. The number of halogens is 2. The van der Waals surface area contributed by atoms with Gasteiger partial charge in [0.25, 0.3) is 11.7 Å². The molecule has 8 heteroatoms. The Hall–Kier alpha value is -3.16. The number of Topliss-reactive ketones (excluding diaryl/α,β-unsaturated/α-hetero) is 1. The molecule has 4 rings (SSSR count). The molecule has 0 radical (unpaired) electrons. The van der Waals surface area contributed by atoms with Crippen LogP contribution in [-0.2, 0) is 16.1 Å². The number of hydrogen-bond acceptors (Lipinski definition) is 5. The summed E-state index contributed by atoms with van der Waals surface area (Å²) in [6.07, 6.45) is 0. The molecule has 3 aromatic rings. The quantitative estimate of drug-likeness (QED) is 0.304. The van der Waals surface area contributed by atoms with Crippen molar-refractivity contribution in [2.24, 2.45) is 0 Å². The first kappa shape index (κ1) is 22.0. The van der Waals surface area contributed by atoms with Gasteiger partial charge in [0.2, 0.25) is 0 Å². The fraction of sp³-hybridized carbons (Fsp3) is 0.167. The van der Waals surface area contributed by atoms with Gasteiger partial charge in [0.05, 0.1) is 35.9 Å². The second-order valence-corrected chi connectivity index (χ2v) is 8.79. The number of aliphatic hydroxyl groups excluding tert-OH is 1. The fourth-order valence-corrected chi connectivity index (χ4v) is 4.94. The van der Waals surface area contributed by atoms with E-state index in [0.717, 1.165) is 4.88 Å². The summed E-state index contributed by atoms with van der Waals surface area (Å²) in [5.41, 5.74) is 0.778. The van der Waals surface area contributed by atoms with Gasteiger partial charge in [0.15, 0.2) is 0 Å². The largest absolute Gasteiger partial charge is 0.507 e. The first-order valence-corrected chi connectivity index (χ1v) is 11.0. The van der Waals surface area contributed by atoms with E-state index in [4.69, 9.17) is 16.3 Å². The highest BCUT2D eigenvalue weighted by Crippen LogP contribution is 2.44. The van der Waals surface area contributed by atoms with Gasteiger partial charge in [-0.05, 0) is 42.1 Å². The van der Waals surface area contributed by atoms with Crippen LogP contribution in [0.25, 0.3) is 5.76 Å². The van der Waals surface area contributed by atoms with Gasteiger partial charge >= 0.3 is 0 Å². The van der Waals surface area contributed by atoms with Crippen molar-refractivity contribution < 1.29 is 23.8 Å². The van der Waals surface area contributed by atoms with E-state index in [1.165, 1.54) is 41.5 Å². The van der Waals surface area contributed by atoms with Gasteiger partial charge < -0.3 is 14.7 Å². The molecule has 2 heterocycles. The van der Waals surface area contributed by atoms with Crippen molar-refractivity contribution >= 4 is 40.4 Å². The van der Waals surface area contributed by atoms with E-state index in [1.54, 1.807) is 25.1 Å². The number of hydrogen-bond donors (Lipinski definition) is 1. The highest BCUT2D eigenvalue weighted by Gasteiger charge is 2.47. The fourth-order valence-electron chi connectivity index (χ4n) is 3.89. The summed E-state index contributed by atoms with van der Waals surface area (Å²) in [5.74, 6) is -2.60. The Labute approximate surface area is 193 Å². The zero-order valence-corrected chi connectivity index (χ0v) is 18.8. The van der Waals surface area contributed by atoms with E-state index in [0.29, 0.717) is 5.56 Å². The minimum Gasteiger partial charge on any atom is -0.507 e. The second kappa shape index (κ2) is 8.76. The number of nitrogens with zero attached hydrogens (tertiary/aromatic N) is 1. The van der Waals surface area contributed by atoms with Crippen LogP contribution in [0.15, 0.2) is 59.5 Å². The number of aryl methyl sites for hydroxylation is 1. The van der Waals surface area contributed by atoms with Crippen LogP contribution in [0.2, 0.25) is 5.02 Å². The number of likely N-dealkylation sites (tertiary alicyclic amines) is 1. The Bertz CT molecular complexity index is 1240. The van der Waals surface area contributed by atoms with Crippen molar-refractivity contribution in [3.63, 3.8) is 0 Å². The molecule has 1 N–H and O–H groups in total. The average Bonchev–Trinajstić information content (AvgIpc) is 3.36. The molecule has 0 saturated carbocycles. The Morgan fingerprint density at radius 3 is 2.62 bits per heavy atom. The molecule has 1 aromatic heterocycles. The molecule has 1 aliphatic rings. The molecular weight excluding hydrogens is 453 g/mol. The van der Waals surface area contributed by atoms with Crippen molar-refractivity contribution in [1.82, 2.24) is 4.90 Å². The van der Waals surface area contributed by atoms with Crippen molar-refractivity contribution in [3.05, 3.63) is 91.9 Å². The predicted molar refractivity (Wildman–Crippen MR) is 121 cm³/mol. The number of rotatable bonds is 5. The van der Waals surface area contributed by atoms with E-state index in [1.807, 2.05) is 17.5 Å². The predicted octanol–water partition coefficient (Wildman–Crippen LogP) is 5.48. The first-order chi connectivity index (χ1) is 15.3.